The first-order chi connectivity index (χ1) is 14.3. The molecule has 0 saturated heterocycles. The van der Waals surface area contributed by atoms with Crippen LogP contribution in [0.3, 0.4) is 0 Å². The van der Waals surface area contributed by atoms with Gasteiger partial charge in [0.05, 0.1) is 26.4 Å². The largest absolute Gasteiger partial charge is 0.472 e. The lowest BCUT2D eigenvalue weighted by molar-refractivity contribution is -0.153. The fourth-order valence-corrected chi connectivity index (χ4v) is 3.13. The Kier molecular flexibility index (Phi) is 17.0. The minimum Gasteiger partial charge on any atom is -0.457 e. The fraction of sp³-hybridized carbons (Fsp3) is 0.895. The predicted molar refractivity (Wildman–Crippen MR) is 109 cm³/mol. The van der Waals surface area contributed by atoms with Crippen molar-refractivity contribution in [1.82, 2.24) is 0 Å². The Hall–Kier alpha value is -1.03. The topological polar surface area (TPSA) is 149 Å². The first-order valence-corrected chi connectivity index (χ1v) is 12.0. The van der Waals surface area contributed by atoms with Gasteiger partial charge in [0.25, 0.3) is 0 Å². The molecule has 3 atom stereocenters. The maximum atomic E-state index is 11.9. The van der Waals surface area contributed by atoms with Crippen molar-refractivity contribution in [2.45, 2.75) is 83.8 Å². The predicted octanol–water partition coefficient (Wildman–Crippen LogP) is 2.48. The summed E-state index contributed by atoms with van der Waals surface area (Å²) in [5.74, 6) is -1.07. The van der Waals surface area contributed by atoms with Crippen molar-refractivity contribution in [1.29, 1.82) is 0 Å². The van der Waals surface area contributed by atoms with Crippen LogP contribution in [0.2, 0.25) is 0 Å². The van der Waals surface area contributed by atoms with E-state index in [-0.39, 0.29) is 12.8 Å². The van der Waals surface area contributed by atoms with Crippen LogP contribution in [0, 0.1) is 0 Å². The fourth-order valence-electron chi connectivity index (χ4n) is 2.34. The number of hydrogen-bond donors (Lipinski definition) is 3. The van der Waals surface area contributed by atoms with Crippen molar-refractivity contribution in [3.05, 3.63) is 0 Å². The summed E-state index contributed by atoms with van der Waals surface area (Å²) in [7, 11) is -4.57. The summed E-state index contributed by atoms with van der Waals surface area (Å²) in [6, 6.07) is 0. The summed E-state index contributed by atoms with van der Waals surface area (Å²) in [6.07, 6.45) is 4.18. The van der Waals surface area contributed by atoms with Gasteiger partial charge in [0.1, 0.15) is 12.2 Å². The second-order valence-corrected chi connectivity index (χ2v) is 8.37. The molecule has 3 N–H and O–H groups in total. The summed E-state index contributed by atoms with van der Waals surface area (Å²) in [6.45, 7) is 1.76. The monoisotopic (exact) mass is 456 g/mol. The van der Waals surface area contributed by atoms with Crippen molar-refractivity contribution >= 4 is 19.8 Å². The van der Waals surface area contributed by atoms with Crippen molar-refractivity contribution < 1.29 is 47.8 Å². The Bertz CT molecular complexity index is 514. The molecular weight excluding hydrogens is 419 g/mol. The highest BCUT2D eigenvalue weighted by Crippen LogP contribution is 2.43. The van der Waals surface area contributed by atoms with E-state index in [1.165, 1.54) is 0 Å². The average molecular weight is 456 g/mol. The molecule has 0 heterocycles. The molecule has 30 heavy (non-hydrogen) atoms. The van der Waals surface area contributed by atoms with Crippen molar-refractivity contribution in [3.63, 3.8) is 0 Å². The number of phosphoric ester groups is 1. The van der Waals surface area contributed by atoms with Gasteiger partial charge in [-0.3, -0.25) is 18.6 Å². The van der Waals surface area contributed by atoms with Gasteiger partial charge >= 0.3 is 19.8 Å². The van der Waals surface area contributed by atoms with Gasteiger partial charge in [0.2, 0.25) is 0 Å². The van der Waals surface area contributed by atoms with Crippen LogP contribution in [0.5, 0.6) is 0 Å². The SMILES string of the molecule is CCCCCCC(=O)OC(CO)COP(=O)(O)OCC(CO)OC(=O)CCCCC. The highest BCUT2D eigenvalue weighted by molar-refractivity contribution is 7.47. The Morgan fingerprint density at radius 3 is 1.57 bits per heavy atom. The molecular formula is C19H37O10P. The third-order valence-electron chi connectivity index (χ3n) is 4.07. The lowest BCUT2D eigenvalue weighted by Crippen LogP contribution is -2.28. The Labute approximate surface area is 178 Å². The molecule has 0 aliphatic heterocycles. The van der Waals surface area contributed by atoms with Gasteiger partial charge in [-0.2, -0.15) is 0 Å². The molecule has 0 aromatic carbocycles. The van der Waals surface area contributed by atoms with Gasteiger partial charge in [0, 0.05) is 12.8 Å². The summed E-state index contributed by atoms with van der Waals surface area (Å²) >= 11 is 0. The van der Waals surface area contributed by atoms with Crippen molar-refractivity contribution in [3.8, 4) is 0 Å². The Morgan fingerprint density at radius 2 is 1.17 bits per heavy atom. The van der Waals surface area contributed by atoms with Crippen LogP contribution in [0.4, 0.5) is 0 Å². The second kappa shape index (κ2) is 17.6. The molecule has 0 radical (unpaired) electrons. The molecule has 0 aromatic rings. The maximum absolute atomic E-state index is 11.9. The molecule has 0 aliphatic carbocycles. The first kappa shape index (κ1) is 29.0. The van der Waals surface area contributed by atoms with E-state index in [9.17, 15) is 29.3 Å². The van der Waals surface area contributed by atoms with Gasteiger partial charge < -0.3 is 24.6 Å². The van der Waals surface area contributed by atoms with E-state index in [4.69, 9.17) is 18.5 Å². The molecule has 0 amide bonds. The standard InChI is InChI=1S/C19H37O10P/c1-3-5-7-9-11-19(23)29-17(13-21)15-27-30(24,25)26-14-16(12-20)28-18(22)10-8-6-4-2/h16-17,20-21H,3-15H2,1-2H3,(H,24,25). The first-order valence-electron chi connectivity index (χ1n) is 10.5. The zero-order valence-electron chi connectivity index (χ0n) is 18.0. The van der Waals surface area contributed by atoms with Gasteiger partial charge in [-0.15, -0.1) is 0 Å². The van der Waals surface area contributed by atoms with Crippen molar-refractivity contribution in [2.75, 3.05) is 26.4 Å². The number of phosphoric acid groups is 1. The zero-order chi connectivity index (χ0) is 22.8. The van der Waals surface area contributed by atoms with Gasteiger partial charge in [-0.1, -0.05) is 46.0 Å². The molecule has 0 spiro atoms. The number of rotatable bonds is 19. The second-order valence-electron chi connectivity index (χ2n) is 6.92. The third-order valence-corrected chi connectivity index (χ3v) is 5.02. The van der Waals surface area contributed by atoms with E-state index in [2.05, 4.69) is 0 Å². The van der Waals surface area contributed by atoms with Crippen LogP contribution >= 0.6 is 7.82 Å². The van der Waals surface area contributed by atoms with Crippen LogP contribution in [-0.4, -0.2) is 65.7 Å². The molecule has 10 nitrogen and oxygen atoms in total. The van der Waals surface area contributed by atoms with Crippen LogP contribution in [0.15, 0.2) is 0 Å². The molecule has 0 fully saturated rings. The quantitative estimate of drug-likeness (QED) is 0.150. The Balaban J connectivity index is 4.29. The molecule has 0 rings (SSSR count). The minimum atomic E-state index is -4.57. The van der Waals surface area contributed by atoms with Crippen LogP contribution < -0.4 is 0 Å². The van der Waals surface area contributed by atoms with Crippen LogP contribution in [-0.2, 0) is 32.7 Å². The lowest BCUT2D eigenvalue weighted by atomic mass is 10.1. The summed E-state index contributed by atoms with van der Waals surface area (Å²) in [5.41, 5.74) is 0. The smallest absolute Gasteiger partial charge is 0.457 e. The number of hydrogen-bond acceptors (Lipinski definition) is 9. The molecule has 178 valence electrons. The maximum Gasteiger partial charge on any atom is 0.472 e. The van der Waals surface area contributed by atoms with E-state index in [1.54, 1.807) is 0 Å². The minimum absolute atomic E-state index is 0.180. The highest BCUT2D eigenvalue weighted by atomic mass is 31.2. The Morgan fingerprint density at radius 1 is 0.767 bits per heavy atom. The van der Waals surface area contributed by atoms with E-state index in [1.807, 2.05) is 13.8 Å². The number of aliphatic hydroxyl groups is 2. The molecule has 0 aromatic heterocycles. The highest BCUT2D eigenvalue weighted by Gasteiger charge is 2.27. The molecule has 0 bridgehead atoms. The zero-order valence-corrected chi connectivity index (χ0v) is 18.9. The van der Waals surface area contributed by atoms with Gasteiger partial charge in [-0.05, 0) is 12.8 Å². The number of carbonyl (C=O) groups is 2. The van der Waals surface area contributed by atoms with E-state index >= 15 is 0 Å². The van der Waals surface area contributed by atoms with Crippen molar-refractivity contribution in [2.24, 2.45) is 0 Å². The summed E-state index contributed by atoms with van der Waals surface area (Å²) < 4.78 is 31.4. The van der Waals surface area contributed by atoms with E-state index in [0.29, 0.717) is 12.8 Å². The van der Waals surface area contributed by atoms with Gasteiger partial charge in [0.15, 0.2) is 0 Å². The number of esters is 2. The summed E-state index contributed by atoms with van der Waals surface area (Å²) in [4.78, 5) is 33.1. The molecule has 11 heteroatoms. The number of carbonyl (C=O) groups excluding carboxylic acids is 2. The van der Waals surface area contributed by atoms with E-state index < -0.39 is 58.4 Å². The number of unbranched alkanes of at least 4 members (excludes halogenated alkanes) is 5. The number of ether oxygens (including phenoxy) is 2. The van der Waals surface area contributed by atoms with Crippen LogP contribution in [0.1, 0.15) is 71.6 Å². The number of aliphatic hydroxyl groups excluding tert-OH is 2. The summed E-state index contributed by atoms with van der Waals surface area (Å²) in [5, 5.41) is 18.5. The normalized spacial score (nSPS) is 15.2. The average Bonchev–Trinajstić information content (AvgIpc) is 2.71. The molecule has 0 saturated carbocycles. The van der Waals surface area contributed by atoms with E-state index in [0.717, 1.165) is 32.1 Å². The lowest BCUT2D eigenvalue weighted by Gasteiger charge is -2.20. The van der Waals surface area contributed by atoms with Crippen LogP contribution in [0.25, 0.3) is 0 Å². The third kappa shape index (κ3) is 15.8. The molecule has 0 aliphatic rings. The molecule has 3 unspecified atom stereocenters. The van der Waals surface area contributed by atoms with Gasteiger partial charge in [-0.25, -0.2) is 4.57 Å².